The van der Waals surface area contributed by atoms with E-state index in [0.29, 0.717) is 57.7 Å². The van der Waals surface area contributed by atoms with E-state index in [-0.39, 0.29) is 11.8 Å². The molecule has 0 spiro atoms. The number of rotatable bonds is 11. The third-order valence-corrected chi connectivity index (χ3v) is 8.00. The Morgan fingerprint density at radius 1 is 1.30 bits per heavy atom. The van der Waals surface area contributed by atoms with Crippen LogP contribution < -0.4 is 26.3 Å². The topological polar surface area (TPSA) is 138 Å². The number of benzene rings is 2. The van der Waals surface area contributed by atoms with E-state index >= 15 is 0 Å². The minimum Gasteiger partial charge on any atom is -0.497 e. The lowest BCUT2D eigenvalue weighted by molar-refractivity contribution is -0.130. The Hall–Kier alpha value is -4.71. The van der Waals surface area contributed by atoms with Gasteiger partial charge in [0.05, 0.1) is 23.6 Å². The van der Waals surface area contributed by atoms with Crippen LogP contribution in [-0.4, -0.2) is 49.6 Å². The number of hydrogen-bond acceptors (Lipinski definition) is 9. The number of nitrogens with zero attached hydrogens (tertiary/aromatic N) is 4. The molecule has 0 radical (unpaired) electrons. The number of hydrogen-bond donors (Lipinski definition) is 3. The molecule has 0 saturated heterocycles. The second-order valence-electron chi connectivity index (χ2n) is 10.4. The molecular formula is C32H34ClN7O4. The number of carbonyl (C=O) groups is 2. The molecule has 2 unspecified atom stereocenters. The summed E-state index contributed by atoms with van der Waals surface area (Å²) in [6, 6.07) is 16.1. The average Bonchev–Trinajstić information content (AvgIpc) is 3.63. The molecule has 2 aliphatic rings. The zero-order chi connectivity index (χ0) is 31.4. The van der Waals surface area contributed by atoms with Gasteiger partial charge in [-0.15, -0.1) is 0 Å². The van der Waals surface area contributed by atoms with E-state index in [1.165, 1.54) is 9.91 Å². The largest absolute Gasteiger partial charge is 0.497 e. The molecule has 228 valence electrons. The van der Waals surface area contributed by atoms with Crippen LogP contribution in [0.3, 0.4) is 0 Å². The number of anilines is 1. The van der Waals surface area contributed by atoms with Crippen molar-refractivity contribution in [3.05, 3.63) is 94.4 Å². The number of ether oxygens (including phenoxy) is 1. The van der Waals surface area contributed by atoms with Crippen LogP contribution in [0, 0.1) is 5.92 Å². The van der Waals surface area contributed by atoms with Crippen LogP contribution in [0.25, 0.3) is 11.3 Å². The van der Waals surface area contributed by atoms with Crippen molar-refractivity contribution in [1.82, 2.24) is 15.9 Å². The second-order valence-corrected chi connectivity index (χ2v) is 10.8. The lowest BCUT2D eigenvalue weighted by atomic mass is 9.98. The fourth-order valence-electron chi connectivity index (χ4n) is 5.22. The van der Waals surface area contributed by atoms with Crippen molar-refractivity contribution >= 4 is 41.5 Å². The summed E-state index contributed by atoms with van der Waals surface area (Å²) in [5, 5.41) is 10.1. The van der Waals surface area contributed by atoms with Gasteiger partial charge in [0.1, 0.15) is 23.4 Å². The Morgan fingerprint density at radius 2 is 2.11 bits per heavy atom. The molecule has 2 amide bonds. The van der Waals surface area contributed by atoms with E-state index in [0.717, 1.165) is 17.7 Å². The standard InChI is InChI=1S/C32H34ClN7O4/c1-19-26(32(42)40(38-19)23-9-5-7-21(15-23)30(36-34)37-35-2)18-25-12-14-29(44-25)20-11-13-28(33)27(16-20)31(41)39(3)22-8-6-10-24(17-22)43-4/h6-8,10-17,26,30,36-37H,2,5,9,18,34H2,1,3-4H3. The van der Waals surface area contributed by atoms with Gasteiger partial charge >= 0.3 is 0 Å². The number of allylic oxidation sites excluding steroid dienone is 2. The molecule has 1 aliphatic carbocycles. The summed E-state index contributed by atoms with van der Waals surface area (Å²) in [7, 11) is 3.25. The SMILES string of the molecule is C=NNC(NN)C1=CCCC(N2N=C(C)C(Cc3ccc(-c4ccc(Cl)c(C(=O)N(C)c5cccc(OC)c5)c4)o3)C2=O)=C1. The van der Waals surface area contributed by atoms with Crippen molar-refractivity contribution in [2.24, 2.45) is 22.0 Å². The van der Waals surface area contributed by atoms with Gasteiger partial charge in [0.2, 0.25) is 0 Å². The number of amides is 2. The van der Waals surface area contributed by atoms with Gasteiger partial charge in [0, 0.05) is 48.9 Å². The highest BCUT2D eigenvalue weighted by molar-refractivity contribution is 6.34. The minimum absolute atomic E-state index is 0.125. The van der Waals surface area contributed by atoms with E-state index in [2.05, 4.69) is 27.8 Å². The van der Waals surface area contributed by atoms with Gasteiger partial charge in [0.15, 0.2) is 0 Å². The molecule has 2 heterocycles. The van der Waals surface area contributed by atoms with Crippen molar-refractivity contribution < 1.29 is 18.7 Å². The highest BCUT2D eigenvalue weighted by Crippen LogP contribution is 2.32. The Bertz CT molecular complexity index is 1680. The van der Waals surface area contributed by atoms with E-state index in [9.17, 15) is 9.59 Å². The molecule has 5 rings (SSSR count). The maximum atomic E-state index is 13.5. The Balaban J connectivity index is 1.31. The first-order valence-electron chi connectivity index (χ1n) is 14.0. The lowest BCUT2D eigenvalue weighted by Crippen LogP contribution is -2.45. The molecular weight excluding hydrogens is 582 g/mol. The summed E-state index contributed by atoms with van der Waals surface area (Å²) in [6.07, 6.45) is 5.20. The molecule has 1 aromatic heterocycles. The summed E-state index contributed by atoms with van der Waals surface area (Å²) >= 11 is 6.46. The van der Waals surface area contributed by atoms with Gasteiger partial charge in [-0.3, -0.25) is 20.9 Å². The first-order valence-corrected chi connectivity index (χ1v) is 14.4. The van der Waals surface area contributed by atoms with Crippen LogP contribution in [0.5, 0.6) is 5.75 Å². The normalized spacial score (nSPS) is 17.0. The van der Waals surface area contributed by atoms with Crippen molar-refractivity contribution in [3.8, 4) is 17.1 Å². The van der Waals surface area contributed by atoms with Crippen molar-refractivity contribution in [3.63, 3.8) is 0 Å². The molecule has 3 aromatic rings. The zero-order valence-electron chi connectivity index (χ0n) is 24.7. The smallest absolute Gasteiger partial charge is 0.259 e. The Morgan fingerprint density at radius 3 is 2.86 bits per heavy atom. The van der Waals surface area contributed by atoms with Crippen molar-refractivity contribution in [2.75, 3.05) is 19.1 Å². The fraction of sp³-hybridized carbons (Fsp3) is 0.250. The molecule has 0 fully saturated rings. The minimum atomic E-state index is -0.473. The van der Waals surface area contributed by atoms with Crippen LogP contribution in [0.2, 0.25) is 5.02 Å². The molecule has 4 N–H and O–H groups in total. The number of halogens is 1. The third-order valence-electron chi connectivity index (χ3n) is 7.67. The number of carbonyl (C=O) groups excluding carboxylic acids is 2. The average molecular weight is 616 g/mol. The van der Waals surface area contributed by atoms with E-state index < -0.39 is 12.1 Å². The Kier molecular flexibility index (Phi) is 9.29. The van der Waals surface area contributed by atoms with Crippen LogP contribution in [0.15, 0.2) is 92.6 Å². The van der Waals surface area contributed by atoms with Gasteiger partial charge in [-0.1, -0.05) is 23.7 Å². The number of hydrazine groups is 1. The van der Waals surface area contributed by atoms with Gasteiger partial charge in [0.25, 0.3) is 11.8 Å². The van der Waals surface area contributed by atoms with Crippen LogP contribution >= 0.6 is 11.6 Å². The summed E-state index contributed by atoms with van der Waals surface area (Å²) in [6.45, 7) is 5.29. The van der Waals surface area contributed by atoms with Gasteiger partial charge in [-0.05, 0) is 73.9 Å². The molecule has 0 bridgehead atoms. The summed E-state index contributed by atoms with van der Waals surface area (Å²) < 4.78 is 11.5. The number of hydrazone groups is 2. The predicted molar refractivity (Wildman–Crippen MR) is 171 cm³/mol. The molecule has 2 aromatic carbocycles. The van der Waals surface area contributed by atoms with E-state index in [4.69, 9.17) is 26.6 Å². The van der Waals surface area contributed by atoms with Gasteiger partial charge < -0.3 is 14.1 Å². The number of nitrogens with two attached hydrogens (primary N) is 1. The van der Waals surface area contributed by atoms with Gasteiger partial charge in [-0.25, -0.2) is 10.4 Å². The van der Waals surface area contributed by atoms with E-state index in [1.807, 2.05) is 49.4 Å². The van der Waals surface area contributed by atoms with Crippen molar-refractivity contribution in [2.45, 2.75) is 32.4 Å². The monoisotopic (exact) mass is 615 g/mol. The highest BCUT2D eigenvalue weighted by Gasteiger charge is 2.36. The van der Waals surface area contributed by atoms with Crippen molar-refractivity contribution in [1.29, 1.82) is 0 Å². The summed E-state index contributed by atoms with van der Waals surface area (Å²) in [5.41, 5.74) is 9.45. The molecule has 11 nitrogen and oxygen atoms in total. The number of nitrogens with one attached hydrogen (secondary N) is 2. The predicted octanol–water partition coefficient (Wildman–Crippen LogP) is 4.86. The van der Waals surface area contributed by atoms with Gasteiger partial charge in [-0.2, -0.15) is 10.2 Å². The van der Waals surface area contributed by atoms with E-state index in [1.54, 1.807) is 38.4 Å². The number of furan rings is 1. The Labute approximate surface area is 260 Å². The molecule has 0 saturated carbocycles. The fourth-order valence-corrected chi connectivity index (χ4v) is 5.42. The first kappa shape index (κ1) is 30.7. The van der Waals surface area contributed by atoms with Crippen LogP contribution in [0.4, 0.5) is 5.69 Å². The maximum Gasteiger partial charge on any atom is 0.259 e. The third kappa shape index (κ3) is 6.30. The zero-order valence-corrected chi connectivity index (χ0v) is 25.5. The quantitative estimate of drug-likeness (QED) is 0.121. The molecule has 1 aliphatic heterocycles. The number of methoxy groups -OCH3 is 1. The van der Waals surface area contributed by atoms with Crippen LogP contribution in [-0.2, 0) is 11.2 Å². The summed E-state index contributed by atoms with van der Waals surface area (Å²) in [5.74, 6) is 6.59. The first-order chi connectivity index (χ1) is 21.2. The second kappa shape index (κ2) is 13.3. The summed E-state index contributed by atoms with van der Waals surface area (Å²) in [4.78, 5) is 28.4. The molecule has 12 heteroatoms. The molecule has 2 atom stereocenters. The molecule has 44 heavy (non-hydrogen) atoms. The van der Waals surface area contributed by atoms with Crippen LogP contribution in [0.1, 0.15) is 35.9 Å². The maximum absolute atomic E-state index is 13.5. The highest BCUT2D eigenvalue weighted by atomic mass is 35.5. The lowest BCUT2D eigenvalue weighted by Gasteiger charge is -2.24.